The van der Waals surface area contributed by atoms with Gasteiger partial charge in [-0.1, -0.05) is 25.5 Å². The van der Waals surface area contributed by atoms with Gasteiger partial charge in [-0.25, -0.2) is 4.39 Å². The van der Waals surface area contributed by atoms with E-state index in [1.807, 2.05) is 12.1 Å². The second-order valence-corrected chi connectivity index (χ2v) is 7.15. The first-order chi connectivity index (χ1) is 9.83. The molecule has 0 radical (unpaired) electrons. The third kappa shape index (κ3) is 2.35. The first kappa shape index (κ1) is 14.5. The van der Waals surface area contributed by atoms with E-state index < -0.39 is 5.54 Å². The molecule has 1 saturated heterocycles. The van der Waals surface area contributed by atoms with Gasteiger partial charge in [0.15, 0.2) is 0 Å². The van der Waals surface area contributed by atoms with Crippen molar-refractivity contribution in [1.82, 2.24) is 5.32 Å². The van der Waals surface area contributed by atoms with Crippen LogP contribution in [-0.2, 0) is 4.79 Å². The van der Waals surface area contributed by atoms with Crippen LogP contribution in [0.1, 0.15) is 51.0 Å². The predicted molar refractivity (Wildman–Crippen MR) is 80.2 cm³/mol. The van der Waals surface area contributed by atoms with Gasteiger partial charge in [0.2, 0.25) is 5.91 Å². The van der Waals surface area contributed by atoms with Gasteiger partial charge in [0, 0.05) is 6.04 Å². The van der Waals surface area contributed by atoms with Crippen LogP contribution in [0.3, 0.4) is 0 Å². The Hall–Kier alpha value is -1.42. The Morgan fingerprint density at radius 1 is 1.29 bits per heavy atom. The minimum atomic E-state index is -0.774. The predicted octanol–water partition coefficient (Wildman–Crippen LogP) is 2.71. The highest BCUT2D eigenvalue weighted by atomic mass is 19.1. The normalized spacial score (nSPS) is 39.5. The maximum atomic E-state index is 13.1. The number of carbonyl (C=O) groups is 1. The average Bonchev–Trinajstić information content (AvgIpc) is 2.93. The Kier molecular flexibility index (Phi) is 3.32. The maximum absolute atomic E-state index is 13.1. The first-order valence-electron chi connectivity index (χ1n) is 7.68. The van der Waals surface area contributed by atoms with Gasteiger partial charge in [-0.2, -0.15) is 0 Å². The molecule has 21 heavy (non-hydrogen) atoms. The summed E-state index contributed by atoms with van der Waals surface area (Å²) in [5.41, 5.74) is 6.46. The molecule has 0 unspecified atom stereocenters. The van der Waals surface area contributed by atoms with Gasteiger partial charge in [-0.15, -0.1) is 0 Å². The molecule has 0 aromatic heterocycles. The van der Waals surface area contributed by atoms with E-state index in [1.165, 1.54) is 12.1 Å². The number of nitrogens with one attached hydrogen (secondary N) is 1. The number of hydrogen-bond donors (Lipinski definition) is 2. The van der Waals surface area contributed by atoms with Crippen LogP contribution in [0.2, 0.25) is 0 Å². The molecule has 114 valence electrons. The molecule has 3 rings (SSSR count). The number of rotatable bonds is 2. The van der Waals surface area contributed by atoms with Crippen LogP contribution in [0.25, 0.3) is 0 Å². The fourth-order valence-corrected chi connectivity index (χ4v) is 4.14. The molecule has 2 aliphatic rings. The van der Waals surface area contributed by atoms with Gasteiger partial charge in [0.1, 0.15) is 5.82 Å². The molecule has 1 aliphatic carbocycles. The van der Waals surface area contributed by atoms with E-state index in [4.69, 9.17) is 5.73 Å². The van der Waals surface area contributed by atoms with Gasteiger partial charge in [-0.05, 0) is 55.2 Å². The van der Waals surface area contributed by atoms with E-state index in [0.29, 0.717) is 12.3 Å². The molecule has 1 aromatic rings. The molecular weight excluding hydrogens is 267 g/mol. The summed E-state index contributed by atoms with van der Waals surface area (Å²) in [6.07, 6.45) is 3.94. The van der Waals surface area contributed by atoms with Crippen LogP contribution in [0, 0.1) is 11.2 Å². The number of halogens is 1. The van der Waals surface area contributed by atoms with Crippen molar-refractivity contribution in [2.75, 3.05) is 0 Å². The molecule has 0 spiro atoms. The van der Waals surface area contributed by atoms with Crippen molar-refractivity contribution in [3.05, 3.63) is 35.6 Å². The molecule has 4 atom stereocenters. The van der Waals surface area contributed by atoms with Crippen molar-refractivity contribution >= 4 is 5.91 Å². The maximum Gasteiger partial charge on any atom is 0.240 e. The van der Waals surface area contributed by atoms with Crippen molar-refractivity contribution in [1.29, 1.82) is 0 Å². The summed E-state index contributed by atoms with van der Waals surface area (Å²) in [6.45, 7) is 4.04. The highest BCUT2D eigenvalue weighted by Gasteiger charge is 2.52. The molecule has 1 aliphatic heterocycles. The molecule has 1 amide bonds. The highest BCUT2D eigenvalue weighted by molar-refractivity contribution is 5.88. The summed E-state index contributed by atoms with van der Waals surface area (Å²) in [5, 5.41) is 3.10. The largest absolute Gasteiger partial charge is 0.351 e. The number of benzene rings is 1. The van der Waals surface area contributed by atoms with Crippen molar-refractivity contribution < 1.29 is 9.18 Å². The summed E-state index contributed by atoms with van der Waals surface area (Å²) >= 11 is 0. The third-order valence-electron chi connectivity index (χ3n) is 5.52. The summed E-state index contributed by atoms with van der Waals surface area (Å²) in [6, 6.07) is 6.89. The first-order valence-corrected chi connectivity index (χ1v) is 7.68. The summed E-state index contributed by atoms with van der Waals surface area (Å²) in [4.78, 5) is 12.0. The standard InChI is InChI=1S/C17H23FN2O/c1-16(14-10-17(2,19)15(21)20-14)9-3-4-13(16)11-5-7-12(18)8-6-11/h5-8,13-14H,3-4,9-10,19H2,1-2H3,(H,20,21)/t13-,14+,16+,17-/m0/s1. The minimum Gasteiger partial charge on any atom is -0.351 e. The Morgan fingerprint density at radius 2 is 1.95 bits per heavy atom. The van der Waals surface area contributed by atoms with Gasteiger partial charge in [0.05, 0.1) is 5.54 Å². The third-order valence-corrected chi connectivity index (χ3v) is 5.52. The molecular formula is C17H23FN2O. The van der Waals surface area contributed by atoms with E-state index in [-0.39, 0.29) is 23.2 Å². The Balaban J connectivity index is 1.89. The molecule has 4 heteroatoms. The van der Waals surface area contributed by atoms with E-state index in [1.54, 1.807) is 6.92 Å². The lowest BCUT2D eigenvalue weighted by Crippen LogP contribution is -2.44. The smallest absolute Gasteiger partial charge is 0.240 e. The minimum absolute atomic E-state index is 0.00931. The molecule has 1 aromatic carbocycles. The molecule has 3 N–H and O–H groups in total. The molecule has 1 heterocycles. The molecule has 1 saturated carbocycles. The van der Waals surface area contributed by atoms with Gasteiger partial charge in [0.25, 0.3) is 0 Å². The van der Waals surface area contributed by atoms with Crippen molar-refractivity contribution in [2.24, 2.45) is 11.1 Å². The summed E-state index contributed by atoms with van der Waals surface area (Å²) in [5.74, 6) is 0.0814. The average molecular weight is 290 g/mol. The van der Waals surface area contributed by atoms with Crippen LogP contribution in [0.5, 0.6) is 0 Å². The van der Waals surface area contributed by atoms with Crippen molar-refractivity contribution in [3.8, 4) is 0 Å². The quantitative estimate of drug-likeness (QED) is 0.880. The Labute approximate surface area is 125 Å². The highest BCUT2D eigenvalue weighted by Crippen LogP contribution is 2.53. The van der Waals surface area contributed by atoms with Crippen LogP contribution >= 0.6 is 0 Å². The van der Waals surface area contributed by atoms with Crippen molar-refractivity contribution in [2.45, 2.75) is 57.0 Å². The van der Waals surface area contributed by atoms with Gasteiger partial charge in [-0.3, -0.25) is 4.79 Å². The lowest BCUT2D eigenvalue weighted by Gasteiger charge is -2.38. The fourth-order valence-electron chi connectivity index (χ4n) is 4.14. The van der Waals surface area contributed by atoms with Gasteiger partial charge < -0.3 is 11.1 Å². The zero-order chi connectivity index (χ0) is 15.3. The van der Waals surface area contributed by atoms with E-state index in [2.05, 4.69) is 12.2 Å². The monoisotopic (exact) mass is 290 g/mol. The second-order valence-electron chi connectivity index (χ2n) is 7.15. The molecule has 2 fully saturated rings. The van der Waals surface area contributed by atoms with E-state index in [9.17, 15) is 9.18 Å². The second kappa shape index (κ2) is 4.80. The fraction of sp³-hybridized carbons (Fsp3) is 0.588. The Morgan fingerprint density at radius 3 is 2.52 bits per heavy atom. The lowest BCUT2D eigenvalue weighted by molar-refractivity contribution is -0.123. The zero-order valence-corrected chi connectivity index (χ0v) is 12.7. The van der Waals surface area contributed by atoms with E-state index in [0.717, 1.165) is 24.8 Å². The Bertz CT molecular complexity index is 554. The molecule has 0 bridgehead atoms. The lowest BCUT2D eigenvalue weighted by atomic mass is 9.69. The summed E-state index contributed by atoms with van der Waals surface area (Å²) < 4.78 is 13.1. The van der Waals surface area contributed by atoms with Gasteiger partial charge >= 0.3 is 0 Å². The zero-order valence-electron chi connectivity index (χ0n) is 12.7. The molecule has 3 nitrogen and oxygen atoms in total. The topological polar surface area (TPSA) is 55.1 Å². The van der Waals surface area contributed by atoms with Crippen LogP contribution in [0.15, 0.2) is 24.3 Å². The number of amides is 1. The SMILES string of the molecule is C[C@@]1([C@H]2C[C@](C)(N)C(=O)N2)CCC[C@H]1c1ccc(F)cc1. The van der Waals surface area contributed by atoms with Crippen LogP contribution < -0.4 is 11.1 Å². The van der Waals surface area contributed by atoms with E-state index >= 15 is 0 Å². The summed E-state index contributed by atoms with van der Waals surface area (Å²) in [7, 11) is 0. The number of nitrogens with two attached hydrogens (primary N) is 1. The van der Waals surface area contributed by atoms with Crippen LogP contribution in [0.4, 0.5) is 4.39 Å². The number of hydrogen-bond acceptors (Lipinski definition) is 2. The van der Waals surface area contributed by atoms with Crippen LogP contribution in [-0.4, -0.2) is 17.5 Å². The van der Waals surface area contributed by atoms with Crippen molar-refractivity contribution in [3.63, 3.8) is 0 Å². The number of carbonyl (C=O) groups excluding carboxylic acids is 1.